The zero-order valence-corrected chi connectivity index (χ0v) is 25.0. The van der Waals surface area contributed by atoms with Crippen LogP contribution in [-0.2, 0) is 20.9 Å². The van der Waals surface area contributed by atoms with E-state index in [2.05, 4.69) is 49.1 Å². The minimum absolute atomic E-state index is 0.000592. The lowest BCUT2D eigenvalue weighted by Crippen LogP contribution is -2.47. The number of para-hydroxylation sites is 1. The molecule has 222 valence electrons. The van der Waals surface area contributed by atoms with Crippen LogP contribution in [0.3, 0.4) is 0 Å². The van der Waals surface area contributed by atoms with Crippen molar-refractivity contribution in [2.24, 2.45) is 17.8 Å². The number of nitrogens with zero attached hydrogens (tertiary/aromatic N) is 2. The highest BCUT2D eigenvalue weighted by Crippen LogP contribution is 2.50. The first-order chi connectivity index (χ1) is 20.4. The fraction of sp³-hybridized carbons (Fsp3) is 0.500. The molecule has 4 aliphatic rings. The Balaban J connectivity index is 1.11. The number of likely N-dealkylation sites (tertiary alicyclic amines) is 2. The molecule has 4 atom stereocenters. The molecular weight excluding hydrogens is 524 g/mol. The molecule has 6 nitrogen and oxygen atoms in total. The van der Waals surface area contributed by atoms with Crippen molar-refractivity contribution in [1.82, 2.24) is 9.80 Å². The second-order valence-corrected chi connectivity index (χ2v) is 12.7. The summed E-state index contributed by atoms with van der Waals surface area (Å²) in [5.74, 6) is -0.134. The standard InChI is InChI=1S/C36H44N2O4/c1-3-9-25(21-27-12-7-8-13-31(27)39)14-15-32-33-24(2)20-29-34(30(33)23-42-32)36(41)38(35(29)40)28-16-18-37(19-17-28)22-26-10-5-4-6-11-26/h4-8,10-13,21,28-30,32,34,39H,3,9,14-20,22-23H2,1-2H3/b25-21+/t29-,30+,32-,34-/m1/s1. The van der Waals surface area contributed by atoms with Gasteiger partial charge >= 0.3 is 0 Å². The molecule has 2 aromatic carbocycles. The van der Waals surface area contributed by atoms with Crippen LogP contribution in [-0.4, -0.2) is 58.6 Å². The first-order valence-electron chi connectivity index (χ1n) is 15.9. The van der Waals surface area contributed by atoms with Crippen LogP contribution in [0.4, 0.5) is 0 Å². The average molecular weight is 569 g/mol. The molecule has 3 heterocycles. The molecule has 6 heteroatoms. The van der Waals surface area contributed by atoms with Crippen LogP contribution in [0.2, 0.25) is 0 Å². The average Bonchev–Trinajstić information content (AvgIpc) is 3.53. The number of benzene rings is 2. The maximum Gasteiger partial charge on any atom is 0.234 e. The van der Waals surface area contributed by atoms with Crippen LogP contribution in [0.25, 0.3) is 6.08 Å². The molecule has 2 amide bonds. The zero-order chi connectivity index (χ0) is 29.2. The highest BCUT2D eigenvalue weighted by molar-refractivity contribution is 6.06. The third-order valence-corrected chi connectivity index (χ3v) is 9.95. The van der Waals surface area contributed by atoms with Gasteiger partial charge < -0.3 is 9.84 Å². The number of rotatable bonds is 9. The minimum atomic E-state index is -0.282. The predicted molar refractivity (Wildman–Crippen MR) is 164 cm³/mol. The van der Waals surface area contributed by atoms with Gasteiger partial charge in [-0.1, -0.05) is 79.1 Å². The van der Waals surface area contributed by atoms with E-state index in [1.807, 2.05) is 24.3 Å². The number of ether oxygens (including phenoxy) is 1. The van der Waals surface area contributed by atoms with Crippen molar-refractivity contribution in [1.29, 1.82) is 0 Å². The largest absolute Gasteiger partial charge is 0.507 e. The summed E-state index contributed by atoms with van der Waals surface area (Å²) in [7, 11) is 0. The molecule has 0 spiro atoms. The Morgan fingerprint density at radius 3 is 2.45 bits per heavy atom. The molecule has 0 saturated carbocycles. The Morgan fingerprint density at radius 1 is 0.976 bits per heavy atom. The van der Waals surface area contributed by atoms with E-state index in [4.69, 9.17) is 4.74 Å². The number of fused-ring (bicyclic) bond motifs is 3. The number of imide groups is 1. The Labute approximate surface area is 250 Å². The van der Waals surface area contributed by atoms with Crippen LogP contribution in [0.1, 0.15) is 69.9 Å². The number of allylic oxidation sites excluding steroid dienone is 2. The molecule has 42 heavy (non-hydrogen) atoms. The van der Waals surface area contributed by atoms with Crippen molar-refractivity contribution < 1.29 is 19.4 Å². The summed E-state index contributed by atoms with van der Waals surface area (Å²) >= 11 is 0. The van der Waals surface area contributed by atoms with Gasteiger partial charge in [0.15, 0.2) is 0 Å². The summed E-state index contributed by atoms with van der Waals surface area (Å²) in [5.41, 5.74) is 5.97. The number of amides is 2. The number of hydrogen-bond acceptors (Lipinski definition) is 5. The molecule has 1 N–H and O–H groups in total. The predicted octanol–water partition coefficient (Wildman–Crippen LogP) is 6.36. The van der Waals surface area contributed by atoms with Gasteiger partial charge in [0.2, 0.25) is 11.8 Å². The maximum atomic E-state index is 13.9. The Morgan fingerprint density at radius 2 is 1.71 bits per heavy atom. The van der Waals surface area contributed by atoms with Gasteiger partial charge in [0.05, 0.1) is 24.5 Å². The second-order valence-electron chi connectivity index (χ2n) is 12.7. The highest BCUT2D eigenvalue weighted by atomic mass is 16.5. The van der Waals surface area contributed by atoms with Crippen molar-refractivity contribution in [2.75, 3.05) is 19.7 Å². The van der Waals surface area contributed by atoms with Crippen LogP contribution >= 0.6 is 0 Å². The molecule has 3 fully saturated rings. The van der Waals surface area contributed by atoms with Crippen LogP contribution < -0.4 is 0 Å². The summed E-state index contributed by atoms with van der Waals surface area (Å²) in [6, 6.07) is 18.0. The van der Waals surface area contributed by atoms with Crippen LogP contribution in [0, 0.1) is 17.8 Å². The monoisotopic (exact) mass is 568 g/mol. The number of carbonyl (C=O) groups is 2. The fourth-order valence-corrected chi connectivity index (χ4v) is 7.93. The van der Waals surface area contributed by atoms with Crippen molar-refractivity contribution in [2.45, 2.75) is 77.5 Å². The van der Waals surface area contributed by atoms with Crippen molar-refractivity contribution >= 4 is 17.9 Å². The SMILES string of the molecule is CCC/C(=C\c1ccccc1O)CC[C@H]1OC[C@H]2C1=C(C)C[C@H]1C(=O)N(C3CCN(Cc4ccccc4)CC3)C(=O)[C@H]12. The third-order valence-electron chi connectivity index (χ3n) is 9.95. The topological polar surface area (TPSA) is 70.1 Å². The van der Waals surface area contributed by atoms with Gasteiger partial charge in [-0.2, -0.15) is 0 Å². The van der Waals surface area contributed by atoms with Gasteiger partial charge in [-0.3, -0.25) is 19.4 Å². The molecule has 6 rings (SSSR count). The number of carbonyl (C=O) groups excluding carboxylic acids is 2. The summed E-state index contributed by atoms with van der Waals surface area (Å²) < 4.78 is 6.39. The lowest BCUT2D eigenvalue weighted by Gasteiger charge is -2.36. The van der Waals surface area contributed by atoms with E-state index in [-0.39, 0.29) is 41.7 Å². The van der Waals surface area contributed by atoms with Gasteiger partial charge in [-0.25, -0.2) is 0 Å². The third kappa shape index (κ3) is 5.71. The van der Waals surface area contributed by atoms with Gasteiger partial charge in [0.1, 0.15) is 5.75 Å². The van der Waals surface area contributed by atoms with Gasteiger partial charge in [-0.05, 0) is 62.7 Å². The summed E-state index contributed by atoms with van der Waals surface area (Å²) in [6.45, 7) is 7.56. The van der Waals surface area contributed by atoms with E-state index in [9.17, 15) is 14.7 Å². The van der Waals surface area contributed by atoms with Crippen LogP contribution in [0.5, 0.6) is 5.75 Å². The molecule has 0 aromatic heterocycles. The smallest absolute Gasteiger partial charge is 0.234 e. The number of piperidine rings is 1. The van der Waals surface area contributed by atoms with Crippen LogP contribution in [0.15, 0.2) is 71.3 Å². The quantitative estimate of drug-likeness (QED) is 0.282. The number of aromatic hydroxyl groups is 1. The normalized spacial score (nSPS) is 27.1. The Kier molecular flexibility index (Phi) is 8.64. The van der Waals surface area contributed by atoms with Crippen molar-refractivity contribution in [3.8, 4) is 5.75 Å². The molecule has 2 aromatic rings. The summed E-state index contributed by atoms with van der Waals surface area (Å²) in [4.78, 5) is 31.8. The molecule has 3 aliphatic heterocycles. The number of hydrogen-bond donors (Lipinski definition) is 1. The van der Waals surface area contributed by atoms with E-state index in [0.29, 0.717) is 18.8 Å². The Bertz CT molecular complexity index is 1360. The van der Waals surface area contributed by atoms with E-state index in [0.717, 1.165) is 63.7 Å². The maximum absolute atomic E-state index is 13.9. The molecule has 0 bridgehead atoms. The van der Waals surface area contributed by atoms with E-state index in [1.165, 1.54) is 22.3 Å². The molecule has 1 aliphatic carbocycles. The lowest BCUT2D eigenvalue weighted by molar-refractivity contribution is -0.144. The van der Waals surface area contributed by atoms with Gasteiger partial charge in [0, 0.05) is 37.2 Å². The van der Waals surface area contributed by atoms with Gasteiger partial charge in [-0.15, -0.1) is 0 Å². The minimum Gasteiger partial charge on any atom is -0.507 e. The molecule has 3 saturated heterocycles. The highest BCUT2D eigenvalue weighted by Gasteiger charge is 2.57. The van der Waals surface area contributed by atoms with E-state index in [1.54, 1.807) is 11.0 Å². The van der Waals surface area contributed by atoms with E-state index >= 15 is 0 Å². The van der Waals surface area contributed by atoms with E-state index < -0.39 is 0 Å². The number of phenolic OH excluding ortho intramolecular Hbond substituents is 1. The molecule has 0 radical (unpaired) electrons. The number of phenols is 1. The Hall–Kier alpha value is -3.22. The lowest BCUT2D eigenvalue weighted by atomic mass is 9.70. The second kappa shape index (κ2) is 12.6. The summed E-state index contributed by atoms with van der Waals surface area (Å²) in [5, 5.41) is 10.3. The van der Waals surface area contributed by atoms with Crippen molar-refractivity contribution in [3.63, 3.8) is 0 Å². The first kappa shape index (κ1) is 28.9. The van der Waals surface area contributed by atoms with Crippen molar-refractivity contribution in [3.05, 3.63) is 82.4 Å². The molecule has 0 unspecified atom stereocenters. The summed E-state index contributed by atoms with van der Waals surface area (Å²) in [6.07, 6.45) is 8.20. The van der Waals surface area contributed by atoms with Gasteiger partial charge in [0.25, 0.3) is 0 Å². The first-order valence-corrected chi connectivity index (χ1v) is 15.9. The fourth-order valence-electron chi connectivity index (χ4n) is 7.93. The zero-order valence-electron chi connectivity index (χ0n) is 25.0. The molecular formula is C36H44N2O4.